The van der Waals surface area contributed by atoms with Crippen LogP contribution in [0.5, 0.6) is 0 Å². The first-order valence-electron chi connectivity index (χ1n) is 4.75. The maximum atomic E-state index is 6.24. The summed E-state index contributed by atoms with van der Waals surface area (Å²) in [7, 11) is 0. The molecule has 2 unspecified atom stereocenters. The van der Waals surface area contributed by atoms with Gasteiger partial charge < -0.3 is 0 Å². The molecular weight excluding hydrogens is 156 g/mol. The zero-order valence-electron chi connectivity index (χ0n) is 7.81. The van der Waals surface area contributed by atoms with Gasteiger partial charge in [0.05, 0.1) is 0 Å². The van der Waals surface area contributed by atoms with Crippen LogP contribution in [-0.2, 0) is 0 Å². The first kappa shape index (κ1) is 9.38. The van der Waals surface area contributed by atoms with Gasteiger partial charge in [-0.3, -0.25) is 0 Å². The molecule has 0 spiro atoms. The van der Waals surface area contributed by atoms with Gasteiger partial charge in [-0.2, -0.15) is 0 Å². The first-order chi connectivity index (χ1) is 5.11. The molecule has 0 aromatic heterocycles. The summed E-state index contributed by atoms with van der Waals surface area (Å²) in [6, 6.07) is 0. The maximum absolute atomic E-state index is 6.24. The molecule has 0 nitrogen and oxygen atoms in total. The van der Waals surface area contributed by atoms with Crippen molar-refractivity contribution in [3.8, 4) is 0 Å². The van der Waals surface area contributed by atoms with Crippen molar-refractivity contribution in [2.24, 2.45) is 17.8 Å². The molecule has 1 fully saturated rings. The molecule has 1 aliphatic carbocycles. The van der Waals surface area contributed by atoms with Crippen molar-refractivity contribution in [3.05, 3.63) is 0 Å². The number of halogens is 1. The van der Waals surface area contributed by atoms with Crippen molar-refractivity contribution in [3.63, 3.8) is 0 Å². The number of hydrogen-bond donors (Lipinski definition) is 0. The van der Waals surface area contributed by atoms with Crippen molar-refractivity contribution in [2.45, 2.75) is 45.4 Å². The van der Waals surface area contributed by atoms with Gasteiger partial charge in [-0.25, -0.2) is 0 Å². The summed E-state index contributed by atoms with van der Waals surface area (Å²) in [6.45, 7) is 6.71. The van der Waals surface area contributed by atoms with Gasteiger partial charge in [-0.05, 0) is 24.2 Å². The van der Waals surface area contributed by atoms with Crippen LogP contribution in [0.1, 0.15) is 40.0 Å². The molecule has 11 heavy (non-hydrogen) atoms. The molecule has 0 amide bonds. The van der Waals surface area contributed by atoms with Crippen molar-refractivity contribution >= 4 is 11.6 Å². The standard InChI is InChI=1S/C10H19Cl/c1-7(2)10(11)8(3)6-9-4-5-9/h7-10H,4-6H2,1-3H3. The van der Waals surface area contributed by atoms with E-state index in [0.717, 1.165) is 5.92 Å². The number of rotatable bonds is 4. The van der Waals surface area contributed by atoms with Gasteiger partial charge in [0.25, 0.3) is 0 Å². The molecule has 0 aromatic rings. The van der Waals surface area contributed by atoms with E-state index >= 15 is 0 Å². The highest BCUT2D eigenvalue weighted by atomic mass is 35.5. The highest BCUT2D eigenvalue weighted by Crippen LogP contribution is 2.37. The molecular formula is C10H19Cl. The lowest BCUT2D eigenvalue weighted by Crippen LogP contribution is -2.18. The van der Waals surface area contributed by atoms with Gasteiger partial charge in [-0.15, -0.1) is 11.6 Å². The van der Waals surface area contributed by atoms with E-state index in [1.165, 1.54) is 19.3 Å². The van der Waals surface area contributed by atoms with Crippen LogP contribution in [-0.4, -0.2) is 5.38 Å². The Morgan fingerprint density at radius 3 is 2.18 bits per heavy atom. The zero-order chi connectivity index (χ0) is 8.43. The van der Waals surface area contributed by atoms with Crippen LogP contribution in [0.2, 0.25) is 0 Å². The lowest BCUT2D eigenvalue weighted by molar-refractivity contribution is 0.406. The largest absolute Gasteiger partial charge is 0.122 e. The van der Waals surface area contributed by atoms with Crippen LogP contribution >= 0.6 is 11.6 Å². The predicted molar refractivity (Wildman–Crippen MR) is 51.0 cm³/mol. The predicted octanol–water partition coefficient (Wildman–Crippen LogP) is 3.69. The average molecular weight is 175 g/mol. The summed E-state index contributed by atoms with van der Waals surface area (Å²) < 4.78 is 0. The summed E-state index contributed by atoms with van der Waals surface area (Å²) in [4.78, 5) is 0. The Balaban J connectivity index is 2.20. The second-order valence-corrected chi connectivity index (χ2v) is 4.85. The van der Waals surface area contributed by atoms with Crippen molar-refractivity contribution in [1.29, 1.82) is 0 Å². The third kappa shape index (κ3) is 3.02. The summed E-state index contributed by atoms with van der Waals surface area (Å²) >= 11 is 6.24. The molecule has 0 bridgehead atoms. The fourth-order valence-corrected chi connectivity index (χ4v) is 1.77. The molecule has 1 aliphatic rings. The van der Waals surface area contributed by atoms with Crippen LogP contribution in [0.25, 0.3) is 0 Å². The molecule has 0 radical (unpaired) electrons. The third-order valence-electron chi connectivity index (χ3n) is 2.58. The quantitative estimate of drug-likeness (QED) is 0.571. The normalized spacial score (nSPS) is 23.7. The van der Waals surface area contributed by atoms with Gasteiger partial charge in [-0.1, -0.05) is 33.6 Å². The van der Waals surface area contributed by atoms with Crippen LogP contribution in [0.4, 0.5) is 0 Å². The second-order valence-electron chi connectivity index (χ2n) is 4.34. The third-order valence-corrected chi connectivity index (χ3v) is 3.52. The Bertz CT molecular complexity index is 116. The topological polar surface area (TPSA) is 0 Å². The first-order valence-corrected chi connectivity index (χ1v) is 5.19. The summed E-state index contributed by atoms with van der Waals surface area (Å²) in [6.07, 6.45) is 4.25. The highest BCUT2D eigenvalue weighted by molar-refractivity contribution is 6.20. The van der Waals surface area contributed by atoms with Gasteiger partial charge in [0.1, 0.15) is 0 Å². The molecule has 0 N–H and O–H groups in total. The molecule has 1 heteroatoms. The molecule has 1 saturated carbocycles. The lowest BCUT2D eigenvalue weighted by Gasteiger charge is -2.20. The SMILES string of the molecule is CC(C)C(Cl)C(C)CC1CC1. The Kier molecular flexibility index (Phi) is 3.24. The van der Waals surface area contributed by atoms with E-state index in [1.807, 2.05) is 0 Å². The number of hydrogen-bond acceptors (Lipinski definition) is 0. The van der Waals surface area contributed by atoms with E-state index in [4.69, 9.17) is 11.6 Å². The zero-order valence-corrected chi connectivity index (χ0v) is 8.56. The molecule has 0 aromatic carbocycles. The number of alkyl halides is 1. The van der Waals surface area contributed by atoms with Gasteiger partial charge in [0.15, 0.2) is 0 Å². The van der Waals surface area contributed by atoms with Crippen molar-refractivity contribution < 1.29 is 0 Å². The molecule has 1 rings (SSSR count). The van der Waals surface area contributed by atoms with Crippen LogP contribution in [0.3, 0.4) is 0 Å². The highest BCUT2D eigenvalue weighted by Gasteiger charge is 2.27. The molecule has 0 heterocycles. The summed E-state index contributed by atoms with van der Waals surface area (Å²) in [5.41, 5.74) is 0. The van der Waals surface area contributed by atoms with E-state index in [0.29, 0.717) is 17.2 Å². The van der Waals surface area contributed by atoms with Crippen molar-refractivity contribution in [1.82, 2.24) is 0 Å². The fourth-order valence-electron chi connectivity index (χ4n) is 1.67. The lowest BCUT2D eigenvalue weighted by atomic mass is 9.93. The minimum atomic E-state index is 0.385. The minimum absolute atomic E-state index is 0.385. The van der Waals surface area contributed by atoms with E-state index in [1.54, 1.807) is 0 Å². The monoisotopic (exact) mass is 174 g/mol. The smallest absolute Gasteiger partial charge is 0.0384 e. The average Bonchev–Trinajstić information content (AvgIpc) is 2.69. The Hall–Kier alpha value is 0.290. The Labute approximate surface area is 75.3 Å². The Morgan fingerprint density at radius 2 is 1.82 bits per heavy atom. The van der Waals surface area contributed by atoms with E-state index < -0.39 is 0 Å². The van der Waals surface area contributed by atoms with Crippen molar-refractivity contribution in [2.75, 3.05) is 0 Å². The Morgan fingerprint density at radius 1 is 1.27 bits per heavy atom. The molecule has 0 saturated heterocycles. The van der Waals surface area contributed by atoms with Gasteiger partial charge in [0, 0.05) is 5.38 Å². The maximum Gasteiger partial charge on any atom is 0.0384 e. The molecule has 2 atom stereocenters. The fraction of sp³-hybridized carbons (Fsp3) is 1.00. The van der Waals surface area contributed by atoms with Crippen LogP contribution < -0.4 is 0 Å². The van der Waals surface area contributed by atoms with E-state index in [9.17, 15) is 0 Å². The van der Waals surface area contributed by atoms with E-state index in [-0.39, 0.29) is 0 Å². The molecule has 0 aliphatic heterocycles. The van der Waals surface area contributed by atoms with Crippen LogP contribution in [0.15, 0.2) is 0 Å². The summed E-state index contributed by atoms with van der Waals surface area (Å²) in [5, 5.41) is 0.385. The van der Waals surface area contributed by atoms with Crippen LogP contribution in [0, 0.1) is 17.8 Å². The summed E-state index contributed by atoms with van der Waals surface area (Å²) in [5.74, 6) is 2.36. The molecule has 66 valence electrons. The second kappa shape index (κ2) is 3.80. The van der Waals surface area contributed by atoms with Gasteiger partial charge >= 0.3 is 0 Å². The van der Waals surface area contributed by atoms with Gasteiger partial charge in [0.2, 0.25) is 0 Å². The van der Waals surface area contributed by atoms with E-state index in [2.05, 4.69) is 20.8 Å². The minimum Gasteiger partial charge on any atom is -0.122 e.